The average molecular weight is 242 g/mol. The summed E-state index contributed by atoms with van der Waals surface area (Å²) in [7, 11) is 4.02. The third-order valence-electron chi connectivity index (χ3n) is 3.05. The Morgan fingerprint density at radius 3 is 2.65 bits per heavy atom. The van der Waals surface area contributed by atoms with Crippen molar-refractivity contribution >= 4 is 5.91 Å². The zero-order chi connectivity index (χ0) is 12.7. The molecule has 17 heavy (non-hydrogen) atoms. The molecule has 0 aromatic carbocycles. The van der Waals surface area contributed by atoms with Crippen LogP contribution < -0.4 is 10.6 Å². The summed E-state index contributed by atoms with van der Waals surface area (Å²) in [6.07, 6.45) is 0. The van der Waals surface area contributed by atoms with Crippen molar-refractivity contribution in [2.45, 2.75) is 6.92 Å². The first-order valence-corrected chi connectivity index (χ1v) is 6.45. The molecular weight excluding hydrogens is 216 g/mol. The van der Waals surface area contributed by atoms with E-state index in [1.807, 2.05) is 21.0 Å². The van der Waals surface area contributed by atoms with Gasteiger partial charge in [0, 0.05) is 51.7 Å². The number of carbonyl (C=O) groups excluding carboxylic acids is 1. The van der Waals surface area contributed by atoms with Crippen molar-refractivity contribution in [3.05, 3.63) is 0 Å². The summed E-state index contributed by atoms with van der Waals surface area (Å²) in [5, 5.41) is 6.30. The van der Waals surface area contributed by atoms with Crippen LogP contribution in [0.2, 0.25) is 0 Å². The summed E-state index contributed by atoms with van der Waals surface area (Å²) in [4.78, 5) is 16.3. The summed E-state index contributed by atoms with van der Waals surface area (Å²) in [5.74, 6) is 0.251. The largest absolute Gasteiger partial charge is 0.355 e. The van der Waals surface area contributed by atoms with Crippen molar-refractivity contribution in [1.29, 1.82) is 0 Å². The average Bonchev–Trinajstić information content (AvgIpc) is 2.29. The van der Waals surface area contributed by atoms with Gasteiger partial charge < -0.3 is 20.4 Å². The van der Waals surface area contributed by atoms with Crippen molar-refractivity contribution < 1.29 is 4.79 Å². The maximum absolute atomic E-state index is 11.8. The zero-order valence-corrected chi connectivity index (χ0v) is 11.3. The number of hydrogen-bond acceptors (Lipinski definition) is 4. The molecule has 1 aliphatic rings. The molecule has 100 valence electrons. The topological polar surface area (TPSA) is 47.6 Å². The SMILES string of the molecule is CC(CN1CCNCC1)C(=O)NCCN(C)C. The highest BCUT2D eigenvalue weighted by Crippen LogP contribution is 2.01. The van der Waals surface area contributed by atoms with Gasteiger partial charge >= 0.3 is 0 Å². The molecule has 2 N–H and O–H groups in total. The third kappa shape index (κ3) is 6.00. The predicted molar refractivity (Wildman–Crippen MR) is 70.0 cm³/mol. The minimum Gasteiger partial charge on any atom is -0.355 e. The van der Waals surface area contributed by atoms with E-state index in [1.54, 1.807) is 0 Å². The Labute approximate surface area is 105 Å². The van der Waals surface area contributed by atoms with Crippen LogP contribution in [0.4, 0.5) is 0 Å². The van der Waals surface area contributed by atoms with Gasteiger partial charge in [-0.05, 0) is 14.1 Å². The van der Waals surface area contributed by atoms with E-state index in [9.17, 15) is 4.79 Å². The number of carbonyl (C=O) groups is 1. The summed E-state index contributed by atoms with van der Waals surface area (Å²) in [6, 6.07) is 0. The molecular formula is C12H26N4O. The lowest BCUT2D eigenvalue weighted by Crippen LogP contribution is -2.47. The smallest absolute Gasteiger partial charge is 0.224 e. The van der Waals surface area contributed by atoms with Crippen LogP contribution in [-0.4, -0.2) is 75.6 Å². The summed E-state index contributed by atoms with van der Waals surface area (Å²) < 4.78 is 0. The second-order valence-electron chi connectivity index (χ2n) is 5.05. The predicted octanol–water partition coefficient (Wildman–Crippen LogP) is -0.794. The van der Waals surface area contributed by atoms with Crippen molar-refractivity contribution in [2.75, 3.05) is 59.9 Å². The summed E-state index contributed by atoms with van der Waals surface area (Å²) >= 11 is 0. The minimum absolute atomic E-state index is 0.0789. The lowest BCUT2D eigenvalue weighted by molar-refractivity contribution is -0.125. The van der Waals surface area contributed by atoms with Gasteiger partial charge in [-0.3, -0.25) is 4.79 Å². The Balaban J connectivity index is 2.16. The van der Waals surface area contributed by atoms with Crippen molar-refractivity contribution in [3.63, 3.8) is 0 Å². The molecule has 1 amide bonds. The van der Waals surface area contributed by atoms with Gasteiger partial charge in [0.25, 0.3) is 0 Å². The number of nitrogens with zero attached hydrogens (tertiary/aromatic N) is 2. The third-order valence-corrected chi connectivity index (χ3v) is 3.05. The normalized spacial score (nSPS) is 19.3. The van der Waals surface area contributed by atoms with Crippen LogP contribution in [0.5, 0.6) is 0 Å². The Bertz CT molecular complexity index is 227. The molecule has 5 heteroatoms. The molecule has 0 aromatic heterocycles. The molecule has 0 aliphatic carbocycles. The Morgan fingerprint density at radius 2 is 2.06 bits per heavy atom. The van der Waals surface area contributed by atoms with Crippen LogP contribution >= 0.6 is 0 Å². The second kappa shape index (κ2) is 7.63. The maximum Gasteiger partial charge on any atom is 0.224 e. The summed E-state index contributed by atoms with van der Waals surface area (Å²) in [5.41, 5.74) is 0. The molecule has 5 nitrogen and oxygen atoms in total. The monoisotopic (exact) mass is 242 g/mol. The van der Waals surface area contributed by atoms with E-state index in [1.165, 1.54) is 0 Å². The highest BCUT2D eigenvalue weighted by atomic mass is 16.1. The molecule has 1 atom stereocenters. The molecule has 0 aromatic rings. The number of piperazine rings is 1. The summed E-state index contributed by atoms with van der Waals surface area (Å²) in [6.45, 7) is 8.68. The molecule has 0 spiro atoms. The van der Waals surface area contributed by atoms with Gasteiger partial charge in [0.15, 0.2) is 0 Å². The van der Waals surface area contributed by atoms with Crippen molar-refractivity contribution in [1.82, 2.24) is 20.4 Å². The van der Waals surface area contributed by atoms with Crippen LogP contribution in [0.15, 0.2) is 0 Å². The van der Waals surface area contributed by atoms with E-state index < -0.39 is 0 Å². The van der Waals surface area contributed by atoms with Gasteiger partial charge in [0.2, 0.25) is 5.91 Å². The minimum atomic E-state index is 0.0789. The first-order chi connectivity index (χ1) is 8.09. The molecule has 1 saturated heterocycles. The number of nitrogens with one attached hydrogen (secondary N) is 2. The Hall–Kier alpha value is -0.650. The van der Waals surface area contributed by atoms with Crippen LogP contribution in [0, 0.1) is 5.92 Å². The molecule has 1 unspecified atom stereocenters. The highest BCUT2D eigenvalue weighted by Gasteiger charge is 2.17. The first-order valence-electron chi connectivity index (χ1n) is 6.45. The number of hydrogen-bond donors (Lipinski definition) is 2. The molecule has 1 heterocycles. The second-order valence-corrected chi connectivity index (χ2v) is 5.05. The van der Waals surface area contributed by atoms with Crippen molar-refractivity contribution in [2.24, 2.45) is 5.92 Å². The van der Waals surface area contributed by atoms with Crippen LogP contribution in [0.25, 0.3) is 0 Å². The van der Waals surface area contributed by atoms with E-state index in [4.69, 9.17) is 0 Å². The van der Waals surface area contributed by atoms with E-state index >= 15 is 0 Å². The van der Waals surface area contributed by atoms with Gasteiger partial charge in [-0.25, -0.2) is 0 Å². The van der Waals surface area contributed by atoms with Gasteiger partial charge in [-0.2, -0.15) is 0 Å². The fourth-order valence-corrected chi connectivity index (χ4v) is 1.94. The van der Waals surface area contributed by atoms with Crippen LogP contribution in [0.1, 0.15) is 6.92 Å². The number of likely N-dealkylation sites (N-methyl/N-ethyl adjacent to an activating group) is 1. The van der Waals surface area contributed by atoms with Gasteiger partial charge in [0.1, 0.15) is 0 Å². The van der Waals surface area contributed by atoms with E-state index in [-0.39, 0.29) is 11.8 Å². The number of amides is 1. The zero-order valence-electron chi connectivity index (χ0n) is 11.3. The Kier molecular flexibility index (Phi) is 6.47. The fourth-order valence-electron chi connectivity index (χ4n) is 1.94. The lowest BCUT2D eigenvalue weighted by atomic mass is 10.1. The van der Waals surface area contributed by atoms with Crippen LogP contribution in [0.3, 0.4) is 0 Å². The van der Waals surface area contributed by atoms with Gasteiger partial charge in [-0.15, -0.1) is 0 Å². The fraction of sp³-hybridized carbons (Fsp3) is 0.917. The molecule has 0 bridgehead atoms. The standard InChI is InChI=1S/C12H26N4O/c1-11(10-16-8-4-13-5-9-16)12(17)14-6-7-15(2)3/h11,13H,4-10H2,1-3H3,(H,14,17). The Morgan fingerprint density at radius 1 is 1.41 bits per heavy atom. The van der Waals surface area contributed by atoms with Crippen molar-refractivity contribution in [3.8, 4) is 0 Å². The first kappa shape index (κ1) is 14.4. The lowest BCUT2D eigenvalue weighted by Gasteiger charge is -2.29. The maximum atomic E-state index is 11.8. The molecule has 1 aliphatic heterocycles. The van der Waals surface area contributed by atoms with E-state index in [0.717, 1.165) is 45.8 Å². The van der Waals surface area contributed by atoms with Gasteiger partial charge in [-0.1, -0.05) is 6.92 Å². The van der Waals surface area contributed by atoms with Gasteiger partial charge in [0.05, 0.1) is 0 Å². The molecule has 1 rings (SSSR count). The van der Waals surface area contributed by atoms with E-state index in [0.29, 0.717) is 0 Å². The molecule has 1 fully saturated rings. The van der Waals surface area contributed by atoms with E-state index in [2.05, 4.69) is 20.4 Å². The van der Waals surface area contributed by atoms with Crippen LogP contribution in [-0.2, 0) is 4.79 Å². The highest BCUT2D eigenvalue weighted by molar-refractivity contribution is 5.78. The molecule has 0 saturated carbocycles. The molecule has 0 radical (unpaired) electrons. The quantitative estimate of drug-likeness (QED) is 0.640. The number of rotatable bonds is 6.